The minimum absolute atomic E-state index is 0.0268. The van der Waals surface area contributed by atoms with Crippen molar-refractivity contribution < 1.29 is 14.4 Å². The number of likely N-dealkylation sites (N-methyl/N-ethyl adjacent to an activating group) is 1. The third kappa shape index (κ3) is 4.60. The van der Waals surface area contributed by atoms with Gasteiger partial charge >= 0.3 is 6.03 Å². The molecule has 1 aliphatic heterocycles. The zero-order valence-electron chi connectivity index (χ0n) is 16.9. The lowest BCUT2D eigenvalue weighted by Crippen LogP contribution is -2.54. The Labute approximate surface area is 162 Å². The van der Waals surface area contributed by atoms with Crippen LogP contribution in [0.25, 0.3) is 0 Å². The van der Waals surface area contributed by atoms with E-state index in [1.807, 2.05) is 13.0 Å². The Morgan fingerprint density at radius 2 is 2.00 bits per heavy atom. The molecule has 2 rings (SSSR count). The van der Waals surface area contributed by atoms with Crippen molar-refractivity contribution >= 4 is 17.7 Å². The Morgan fingerprint density at radius 3 is 2.56 bits per heavy atom. The number of hydrogen-bond acceptors (Lipinski definition) is 3. The summed E-state index contributed by atoms with van der Waals surface area (Å²) in [6, 6.07) is -0.786. The maximum absolute atomic E-state index is 12.9. The fourth-order valence-corrected chi connectivity index (χ4v) is 3.98. The van der Waals surface area contributed by atoms with Crippen molar-refractivity contribution in [2.45, 2.75) is 57.5 Å². The molecule has 27 heavy (non-hydrogen) atoms. The molecule has 1 heterocycles. The summed E-state index contributed by atoms with van der Waals surface area (Å²) in [7, 11) is 1.79. The van der Waals surface area contributed by atoms with Crippen molar-refractivity contribution in [1.29, 1.82) is 0 Å². The Bertz CT molecular complexity index is 618. The quantitative estimate of drug-likeness (QED) is 0.498. The molecule has 150 valence electrons. The van der Waals surface area contributed by atoms with Gasteiger partial charge < -0.3 is 15.1 Å². The van der Waals surface area contributed by atoms with Crippen LogP contribution < -0.4 is 5.32 Å². The van der Waals surface area contributed by atoms with E-state index in [0.29, 0.717) is 25.9 Å². The van der Waals surface area contributed by atoms with Gasteiger partial charge in [-0.25, -0.2) is 4.79 Å². The van der Waals surface area contributed by atoms with Gasteiger partial charge in [0, 0.05) is 26.1 Å². The molecule has 1 aliphatic carbocycles. The standard InChI is InChI=1S/C21H33N3O3/c1-6-8-9-10-11-23(5)19(26)18-12-15(3)14-24(18)20(27)22-21(16(4)25)13-17(21)7-2/h6-7,15,17-18H,1-2,8-14H2,3-5H3,(H,22,27)/t15-,17-,18+,21+/m1/s1. The fraction of sp³-hybridized carbons (Fsp3) is 0.667. The van der Waals surface area contributed by atoms with Crippen LogP contribution in [0.15, 0.2) is 25.3 Å². The van der Waals surface area contributed by atoms with Gasteiger partial charge in [0.1, 0.15) is 11.6 Å². The molecular weight excluding hydrogens is 342 g/mol. The molecule has 2 aliphatic rings. The minimum Gasteiger partial charge on any atom is -0.344 e. The molecule has 1 saturated carbocycles. The Balaban J connectivity index is 2.01. The first-order chi connectivity index (χ1) is 12.8. The fourth-order valence-electron chi connectivity index (χ4n) is 3.98. The summed E-state index contributed by atoms with van der Waals surface area (Å²) in [4.78, 5) is 41.2. The number of likely N-dealkylation sites (tertiary alicyclic amines) is 1. The SMILES string of the molecule is C=CCCCCN(C)C(=O)[C@@H]1C[C@@H](C)CN1C(=O)N[C@]1(C(C)=O)C[C@H]1C=C. The highest BCUT2D eigenvalue weighted by Gasteiger charge is 2.58. The van der Waals surface area contributed by atoms with Crippen LogP contribution in [-0.4, -0.2) is 59.2 Å². The number of unbranched alkanes of at least 4 members (excludes halogenated alkanes) is 2. The number of nitrogens with zero attached hydrogens (tertiary/aromatic N) is 2. The van der Waals surface area contributed by atoms with E-state index in [0.717, 1.165) is 19.3 Å². The summed E-state index contributed by atoms with van der Waals surface area (Å²) >= 11 is 0. The van der Waals surface area contributed by atoms with Crippen LogP contribution >= 0.6 is 0 Å². The van der Waals surface area contributed by atoms with Crippen LogP contribution in [0.2, 0.25) is 0 Å². The Kier molecular flexibility index (Phi) is 6.84. The topological polar surface area (TPSA) is 69.7 Å². The van der Waals surface area contributed by atoms with Crippen molar-refractivity contribution in [2.75, 3.05) is 20.1 Å². The van der Waals surface area contributed by atoms with Crippen molar-refractivity contribution in [3.63, 3.8) is 0 Å². The van der Waals surface area contributed by atoms with Crippen LogP contribution in [0.4, 0.5) is 4.79 Å². The Hall–Kier alpha value is -2.11. The predicted molar refractivity (Wildman–Crippen MR) is 106 cm³/mol. The zero-order chi connectivity index (χ0) is 20.2. The lowest BCUT2D eigenvalue weighted by molar-refractivity contribution is -0.133. The molecule has 6 nitrogen and oxygen atoms in total. The van der Waals surface area contributed by atoms with Crippen molar-refractivity contribution in [3.8, 4) is 0 Å². The second-order valence-electron chi connectivity index (χ2n) is 8.06. The molecule has 3 amide bonds. The second-order valence-corrected chi connectivity index (χ2v) is 8.06. The summed E-state index contributed by atoms with van der Waals surface area (Å²) in [6.07, 6.45) is 7.69. The van der Waals surface area contributed by atoms with E-state index in [2.05, 4.69) is 18.5 Å². The maximum atomic E-state index is 12.9. The molecule has 0 aromatic carbocycles. The van der Waals surface area contributed by atoms with Crippen LogP contribution in [0.3, 0.4) is 0 Å². The smallest absolute Gasteiger partial charge is 0.318 e. The summed E-state index contributed by atoms with van der Waals surface area (Å²) in [5.74, 6) is 0.137. The second kappa shape index (κ2) is 8.72. The Morgan fingerprint density at radius 1 is 1.30 bits per heavy atom. The molecule has 0 spiro atoms. The van der Waals surface area contributed by atoms with Crippen LogP contribution in [-0.2, 0) is 9.59 Å². The first kappa shape index (κ1) is 21.2. The third-order valence-electron chi connectivity index (χ3n) is 5.84. The van der Waals surface area contributed by atoms with Gasteiger partial charge in [0.25, 0.3) is 0 Å². The maximum Gasteiger partial charge on any atom is 0.318 e. The third-order valence-corrected chi connectivity index (χ3v) is 5.84. The van der Waals surface area contributed by atoms with Gasteiger partial charge in [0.05, 0.1) is 0 Å². The molecule has 2 fully saturated rings. The number of nitrogens with one attached hydrogen (secondary N) is 1. The van der Waals surface area contributed by atoms with E-state index < -0.39 is 11.6 Å². The van der Waals surface area contributed by atoms with Crippen LogP contribution in [0.1, 0.15) is 46.0 Å². The van der Waals surface area contributed by atoms with E-state index in [4.69, 9.17) is 0 Å². The molecule has 4 atom stereocenters. The highest BCUT2D eigenvalue weighted by atomic mass is 16.2. The van der Waals surface area contributed by atoms with Gasteiger partial charge in [-0.05, 0) is 44.9 Å². The average Bonchev–Trinajstić information content (AvgIpc) is 3.21. The summed E-state index contributed by atoms with van der Waals surface area (Å²) in [5, 5.41) is 2.90. The van der Waals surface area contributed by atoms with Crippen LogP contribution in [0.5, 0.6) is 0 Å². The van der Waals surface area contributed by atoms with Gasteiger partial charge in [-0.3, -0.25) is 9.59 Å². The van der Waals surface area contributed by atoms with Gasteiger partial charge in [-0.1, -0.05) is 19.1 Å². The van der Waals surface area contributed by atoms with Crippen molar-refractivity contribution in [2.24, 2.45) is 11.8 Å². The number of urea groups is 1. The summed E-state index contributed by atoms with van der Waals surface area (Å²) < 4.78 is 0. The number of hydrogen-bond donors (Lipinski definition) is 1. The van der Waals surface area contributed by atoms with E-state index >= 15 is 0 Å². The lowest BCUT2D eigenvalue weighted by atomic mass is 10.1. The molecule has 1 N–H and O–H groups in total. The molecular formula is C21H33N3O3. The number of carbonyl (C=O) groups excluding carboxylic acids is 3. The van der Waals surface area contributed by atoms with E-state index in [1.54, 1.807) is 22.9 Å². The first-order valence-corrected chi connectivity index (χ1v) is 9.85. The molecule has 0 aromatic rings. The average molecular weight is 376 g/mol. The monoisotopic (exact) mass is 375 g/mol. The lowest BCUT2D eigenvalue weighted by Gasteiger charge is -2.29. The number of rotatable bonds is 9. The molecule has 6 heteroatoms. The van der Waals surface area contributed by atoms with E-state index in [1.165, 1.54) is 6.92 Å². The zero-order valence-corrected chi connectivity index (χ0v) is 16.9. The van der Waals surface area contributed by atoms with Crippen molar-refractivity contribution in [3.05, 3.63) is 25.3 Å². The molecule has 0 bridgehead atoms. The van der Waals surface area contributed by atoms with Gasteiger partial charge in [-0.15, -0.1) is 13.2 Å². The minimum atomic E-state index is -0.838. The largest absolute Gasteiger partial charge is 0.344 e. The highest BCUT2D eigenvalue weighted by molar-refractivity contribution is 5.96. The van der Waals surface area contributed by atoms with E-state index in [-0.39, 0.29) is 29.6 Å². The number of carbonyl (C=O) groups is 3. The van der Waals surface area contributed by atoms with E-state index in [9.17, 15) is 14.4 Å². The highest BCUT2D eigenvalue weighted by Crippen LogP contribution is 2.45. The van der Waals surface area contributed by atoms with Gasteiger partial charge in [-0.2, -0.15) is 0 Å². The predicted octanol–water partition coefficient (Wildman–Crippen LogP) is 2.75. The summed E-state index contributed by atoms with van der Waals surface area (Å²) in [5.41, 5.74) is -0.838. The number of amides is 3. The molecule has 0 unspecified atom stereocenters. The summed E-state index contributed by atoms with van der Waals surface area (Å²) in [6.45, 7) is 12.2. The molecule has 1 saturated heterocycles. The van der Waals surface area contributed by atoms with Gasteiger partial charge in [0.15, 0.2) is 5.78 Å². The number of allylic oxidation sites excluding steroid dienone is 1. The van der Waals surface area contributed by atoms with Crippen LogP contribution in [0, 0.1) is 11.8 Å². The number of ketones is 1. The first-order valence-electron chi connectivity index (χ1n) is 9.85. The van der Waals surface area contributed by atoms with Gasteiger partial charge in [0.2, 0.25) is 5.91 Å². The molecule has 0 radical (unpaired) electrons. The normalized spacial score (nSPS) is 29.1. The van der Waals surface area contributed by atoms with Crippen molar-refractivity contribution in [1.82, 2.24) is 15.1 Å². The molecule has 0 aromatic heterocycles. The number of Topliss-reactive ketones (excluding diaryl/α,β-unsaturated/α-hetero) is 1.